The van der Waals surface area contributed by atoms with Gasteiger partial charge in [-0.3, -0.25) is 0 Å². The van der Waals surface area contributed by atoms with E-state index in [4.69, 9.17) is 4.42 Å². The molecule has 4 heterocycles. The highest BCUT2D eigenvalue weighted by atomic mass is 16.3. The molecule has 3 nitrogen and oxygen atoms in total. The molecule has 0 amide bonds. The van der Waals surface area contributed by atoms with Gasteiger partial charge in [-0.15, -0.1) is 0 Å². The van der Waals surface area contributed by atoms with E-state index in [1.807, 2.05) is 6.07 Å². The normalized spacial score (nSPS) is 15.2. The van der Waals surface area contributed by atoms with Crippen LogP contribution in [0.4, 0.5) is 28.4 Å². The Morgan fingerprint density at radius 3 is 2.27 bits per heavy atom. The number of hydrogen-bond donors (Lipinski definition) is 0. The van der Waals surface area contributed by atoms with Crippen LogP contribution in [0.1, 0.15) is 30.5 Å². The summed E-state index contributed by atoms with van der Waals surface area (Å²) in [6, 6.07) is 44.7. The zero-order valence-corrected chi connectivity index (χ0v) is 24.9. The Morgan fingerprint density at radius 2 is 1.39 bits per heavy atom. The van der Waals surface area contributed by atoms with Crippen LogP contribution in [0.3, 0.4) is 0 Å². The first-order valence-electron chi connectivity index (χ1n) is 15.5. The van der Waals surface area contributed by atoms with E-state index in [0.717, 1.165) is 21.9 Å². The molecule has 0 radical (unpaired) electrons. The minimum Gasteiger partial charge on any atom is -0.456 e. The van der Waals surface area contributed by atoms with Crippen LogP contribution in [0, 0.1) is 6.92 Å². The van der Waals surface area contributed by atoms with Crippen LogP contribution in [0.25, 0.3) is 33.1 Å². The molecular formula is C40H29BN2O. The van der Waals surface area contributed by atoms with E-state index >= 15 is 0 Å². The molecule has 6 aromatic carbocycles. The maximum Gasteiger partial charge on any atom is 0.333 e. The molecule has 4 heteroatoms. The Hall–Kier alpha value is -5.22. The second-order valence-electron chi connectivity index (χ2n) is 13.0. The van der Waals surface area contributed by atoms with Gasteiger partial charge >= 0.3 is 6.85 Å². The van der Waals surface area contributed by atoms with Gasteiger partial charge in [0.2, 0.25) is 0 Å². The SMILES string of the molecule is Cc1cc2c3c(c1)N1c4ccccc4C(C)(C)c4cccc(c41)B3N(c1ccccc1)c1cc3oc4ccccc4c3cc1-2. The summed E-state index contributed by atoms with van der Waals surface area (Å²) in [6.07, 6.45) is 0. The zero-order valence-electron chi connectivity index (χ0n) is 24.9. The second-order valence-corrected chi connectivity index (χ2v) is 13.0. The van der Waals surface area contributed by atoms with Crippen molar-refractivity contribution in [1.82, 2.24) is 0 Å². The van der Waals surface area contributed by atoms with E-state index in [1.165, 1.54) is 67.2 Å². The monoisotopic (exact) mass is 564 g/mol. The highest BCUT2D eigenvalue weighted by Crippen LogP contribution is 2.55. The molecule has 10 rings (SSSR count). The number of rotatable bonds is 1. The number of furan rings is 1. The van der Waals surface area contributed by atoms with Gasteiger partial charge in [0.25, 0.3) is 0 Å². The lowest BCUT2D eigenvalue weighted by molar-refractivity contribution is 0.632. The van der Waals surface area contributed by atoms with E-state index in [-0.39, 0.29) is 12.3 Å². The van der Waals surface area contributed by atoms with Crippen LogP contribution < -0.4 is 20.6 Å². The van der Waals surface area contributed by atoms with Crippen LogP contribution in [0.5, 0.6) is 0 Å². The molecule has 0 bridgehead atoms. The lowest BCUT2D eigenvalue weighted by Gasteiger charge is -2.50. The van der Waals surface area contributed by atoms with Crippen molar-refractivity contribution in [2.24, 2.45) is 0 Å². The number of anilines is 5. The Balaban J connectivity index is 1.38. The molecule has 3 aliphatic heterocycles. The largest absolute Gasteiger partial charge is 0.456 e. The maximum atomic E-state index is 6.48. The molecule has 1 aromatic heterocycles. The fourth-order valence-corrected chi connectivity index (χ4v) is 8.34. The lowest BCUT2D eigenvalue weighted by atomic mass is 9.42. The van der Waals surface area contributed by atoms with Crippen molar-refractivity contribution in [3.05, 3.63) is 138 Å². The predicted octanol–water partition coefficient (Wildman–Crippen LogP) is 9.24. The summed E-state index contributed by atoms with van der Waals surface area (Å²) in [7, 11) is 0. The van der Waals surface area contributed by atoms with E-state index < -0.39 is 0 Å². The van der Waals surface area contributed by atoms with Crippen LogP contribution in [0.15, 0.2) is 126 Å². The molecule has 0 fully saturated rings. The highest BCUT2D eigenvalue weighted by molar-refractivity contribution is 6.93. The van der Waals surface area contributed by atoms with Crippen molar-refractivity contribution >= 4 is 68.1 Å². The Labute approximate surface area is 257 Å². The van der Waals surface area contributed by atoms with Crippen LogP contribution in [0.2, 0.25) is 0 Å². The van der Waals surface area contributed by atoms with Gasteiger partial charge in [-0.1, -0.05) is 92.7 Å². The number of benzene rings is 6. The molecule has 0 saturated carbocycles. The quantitative estimate of drug-likeness (QED) is 0.185. The summed E-state index contributed by atoms with van der Waals surface area (Å²) < 4.78 is 6.48. The molecule has 0 aliphatic carbocycles. The topological polar surface area (TPSA) is 19.6 Å². The number of nitrogens with zero attached hydrogens (tertiary/aromatic N) is 2. The van der Waals surface area contributed by atoms with Gasteiger partial charge in [-0.2, -0.15) is 0 Å². The number of aryl methyl sites for hydroxylation is 1. The van der Waals surface area contributed by atoms with Gasteiger partial charge < -0.3 is 14.1 Å². The fraction of sp³-hybridized carbons (Fsp3) is 0.100. The molecule has 44 heavy (non-hydrogen) atoms. The van der Waals surface area contributed by atoms with Crippen LogP contribution in [-0.2, 0) is 5.41 Å². The third kappa shape index (κ3) is 2.93. The van der Waals surface area contributed by atoms with E-state index in [2.05, 4.69) is 146 Å². The zero-order chi connectivity index (χ0) is 29.3. The van der Waals surface area contributed by atoms with Crippen molar-refractivity contribution in [3.8, 4) is 11.1 Å². The van der Waals surface area contributed by atoms with Crippen molar-refractivity contribution in [3.63, 3.8) is 0 Å². The van der Waals surface area contributed by atoms with E-state index in [0.29, 0.717) is 0 Å². The lowest BCUT2D eigenvalue weighted by Crippen LogP contribution is -2.62. The van der Waals surface area contributed by atoms with Crippen LogP contribution >= 0.6 is 0 Å². The van der Waals surface area contributed by atoms with Crippen LogP contribution in [-0.4, -0.2) is 6.85 Å². The number of fused-ring (bicyclic) bond motifs is 9. The maximum absolute atomic E-state index is 6.48. The molecule has 0 unspecified atom stereocenters. The number of para-hydroxylation sites is 4. The first kappa shape index (κ1) is 24.3. The Kier molecular flexibility index (Phi) is 4.54. The van der Waals surface area contributed by atoms with Gasteiger partial charge in [-0.25, -0.2) is 0 Å². The molecular weight excluding hydrogens is 535 g/mol. The van der Waals surface area contributed by atoms with Gasteiger partial charge in [0.05, 0.1) is 5.69 Å². The third-order valence-corrected chi connectivity index (χ3v) is 10.2. The minimum atomic E-state index is -0.132. The fourth-order valence-electron chi connectivity index (χ4n) is 8.34. The smallest absolute Gasteiger partial charge is 0.333 e. The molecule has 0 N–H and O–H groups in total. The second kappa shape index (κ2) is 8.24. The average molecular weight is 564 g/mol. The van der Waals surface area contributed by atoms with Crippen molar-refractivity contribution < 1.29 is 4.42 Å². The molecule has 0 spiro atoms. The summed E-state index contributed by atoms with van der Waals surface area (Å²) in [6.45, 7) is 6.99. The first-order chi connectivity index (χ1) is 21.5. The van der Waals surface area contributed by atoms with Crippen molar-refractivity contribution in [1.29, 1.82) is 0 Å². The van der Waals surface area contributed by atoms with Gasteiger partial charge in [-0.05, 0) is 76.5 Å². The molecule has 0 saturated heterocycles. The molecule has 7 aromatic rings. The Morgan fingerprint density at radius 1 is 0.614 bits per heavy atom. The van der Waals surface area contributed by atoms with Crippen molar-refractivity contribution in [2.75, 3.05) is 9.71 Å². The summed E-state index contributed by atoms with van der Waals surface area (Å²) in [5, 5.41) is 2.31. The standard InChI is InChI=1S/C40H29BN2O/c1-24-20-29-27-22-28-26-14-7-10-19-36(26)44-37(28)23-34(27)43(25-12-5-4-6-13-25)41-32-17-11-16-31-39(32)42(35(21-24)38(29)41)33-18-9-8-15-30(33)40(31,2)3/h4-23H,1-3H3. The predicted molar refractivity (Wildman–Crippen MR) is 184 cm³/mol. The summed E-state index contributed by atoms with van der Waals surface area (Å²) in [5.41, 5.74) is 17.2. The molecule has 3 aliphatic rings. The Bertz CT molecular complexity index is 2350. The third-order valence-electron chi connectivity index (χ3n) is 10.2. The average Bonchev–Trinajstić information content (AvgIpc) is 3.41. The summed E-state index contributed by atoms with van der Waals surface area (Å²) in [4.78, 5) is 5.12. The summed E-state index contributed by atoms with van der Waals surface area (Å²) in [5.74, 6) is 0. The minimum absolute atomic E-state index is 0.00425. The molecule has 208 valence electrons. The first-order valence-corrected chi connectivity index (χ1v) is 15.5. The van der Waals surface area contributed by atoms with E-state index in [9.17, 15) is 0 Å². The van der Waals surface area contributed by atoms with Gasteiger partial charge in [0, 0.05) is 50.6 Å². The number of hydrogen-bond acceptors (Lipinski definition) is 3. The van der Waals surface area contributed by atoms with E-state index in [1.54, 1.807) is 0 Å². The highest BCUT2D eigenvalue weighted by Gasteiger charge is 2.49. The summed E-state index contributed by atoms with van der Waals surface area (Å²) >= 11 is 0. The van der Waals surface area contributed by atoms with Gasteiger partial charge in [0.15, 0.2) is 0 Å². The molecule has 0 atom stereocenters. The van der Waals surface area contributed by atoms with Gasteiger partial charge in [0.1, 0.15) is 11.2 Å². The van der Waals surface area contributed by atoms with Crippen molar-refractivity contribution in [2.45, 2.75) is 26.2 Å².